The number of aromatic nitrogens is 3. The third-order valence-corrected chi connectivity index (χ3v) is 3.19. The van der Waals surface area contributed by atoms with Crippen LogP contribution < -0.4 is 10.5 Å². The van der Waals surface area contributed by atoms with E-state index in [9.17, 15) is 8.42 Å². The molecule has 0 unspecified atom stereocenters. The Labute approximate surface area is 92.7 Å². The normalized spacial score (nSPS) is 11.5. The van der Waals surface area contributed by atoms with Crippen molar-refractivity contribution >= 4 is 27.2 Å². The summed E-state index contributed by atoms with van der Waals surface area (Å²) in [5, 5.41) is 7.33. The molecule has 0 saturated heterocycles. The lowest BCUT2D eigenvalue weighted by Crippen LogP contribution is -2.32. The maximum absolute atomic E-state index is 11.3. The summed E-state index contributed by atoms with van der Waals surface area (Å²) in [6.07, 6.45) is 1.48. The first-order valence-corrected chi connectivity index (χ1v) is 6.05. The van der Waals surface area contributed by atoms with E-state index in [4.69, 9.17) is 5.73 Å². The van der Waals surface area contributed by atoms with E-state index in [1.165, 1.54) is 6.33 Å². The zero-order valence-corrected chi connectivity index (χ0v) is 9.68. The smallest absolute Gasteiger partial charge is 0.218 e. The van der Waals surface area contributed by atoms with E-state index in [0.29, 0.717) is 5.82 Å². The van der Waals surface area contributed by atoms with Crippen molar-refractivity contribution in [1.29, 1.82) is 0 Å². The van der Waals surface area contributed by atoms with Gasteiger partial charge >= 0.3 is 0 Å². The Morgan fingerprint density at radius 3 is 2.87 bits per heavy atom. The highest BCUT2D eigenvalue weighted by Crippen LogP contribution is 1.93. The van der Waals surface area contributed by atoms with Gasteiger partial charge in [-0.1, -0.05) is 12.2 Å². The molecule has 7 nitrogen and oxygen atoms in total. The van der Waals surface area contributed by atoms with E-state index in [1.54, 1.807) is 11.6 Å². The first kappa shape index (κ1) is 12.0. The largest absolute Gasteiger partial charge is 0.392 e. The van der Waals surface area contributed by atoms with Crippen LogP contribution >= 0.6 is 12.2 Å². The van der Waals surface area contributed by atoms with Crippen LogP contribution in [-0.2, 0) is 23.6 Å². The van der Waals surface area contributed by atoms with Crippen molar-refractivity contribution in [3.8, 4) is 0 Å². The van der Waals surface area contributed by atoms with E-state index >= 15 is 0 Å². The molecule has 9 heteroatoms. The van der Waals surface area contributed by atoms with Crippen molar-refractivity contribution in [2.24, 2.45) is 12.8 Å². The van der Waals surface area contributed by atoms with Gasteiger partial charge in [0.05, 0.1) is 11.5 Å². The standard InChI is InChI=1S/C6H11N5O2S2/c1-11-4-8-10-6(11)2-9-15(12,13)3-5(7)14/h4,9H,2-3H2,1H3,(H2,7,14). The lowest BCUT2D eigenvalue weighted by atomic mass is 10.6. The zero-order valence-electron chi connectivity index (χ0n) is 8.04. The molecule has 0 atom stereocenters. The molecule has 0 aliphatic heterocycles. The Hall–Kier alpha value is -1.06. The van der Waals surface area contributed by atoms with Crippen LogP contribution in [0.4, 0.5) is 0 Å². The fourth-order valence-electron chi connectivity index (χ4n) is 0.880. The second-order valence-corrected chi connectivity index (χ2v) is 5.24. The zero-order chi connectivity index (χ0) is 11.5. The van der Waals surface area contributed by atoms with Gasteiger partial charge in [-0.25, -0.2) is 13.1 Å². The molecule has 0 bridgehead atoms. The van der Waals surface area contributed by atoms with Gasteiger partial charge in [0.15, 0.2) is 0 Å². The van der Waals surface area contributed by atoms with Crippen molar-refractivity contribution in [2.45, 2.75) is 6.54 Å². The molecule has 3 N–H and O–H groups in total. The van der Waals surface area contributed by atoms with Crippen LogP contribution in [0.2, 0.25) is 0 Å². The van der Waals surface area contributed by atoms with Gasteiger partial charge in [0, 0.05) is 7.05 Å². The Morgan fingerprint density at radius 1 is 1.73 bits per heavy atom. The summed E-state index contributed by atoms with van der Waals surface area (Å²) in [4.78, 5) is -0.0690. The molecule has 0 amide bonds. The van der Waals surface area contributed by atoms with Crippen molar-refractivity contribution in [1.82, 2.24) is 19.5 Å². The summed E-state index contributed by atoms with van der Waals surface area (Å²) in [7, 11) is -1.75. The monoisotopic (exact) mass is 249 g/mol. The summed E-state index contributed by atoms with van der Waals surface area (Å²) in [6, 6.07) is 0. The van der Waals surface area contributed by atoms with Crippen LogP contribution in [0, 0.1) is 0 Å². The summed E-state index contributed by atoms with van der Waals surface area (Å²) in [6.45, 7) is 0.0709. The Balaban J connectivity index is 2.58. The minimum absolute atomic E-state index is 0.0690. The van der Waals surface area contributed by atoms with Gasteiger partial charge in [-0.2, -0.15) is 0 Å². The number of aryl methyl sites for hydroxylation is 1. The van der Waals surface area contributed by atoms with Crippen molar-refractivity contribution in [2.75, 3.05) is 5.75 Å². The molecule has 1 aromatic rings. The SMILES string of the molecule is Cn1cnnc1CNS(=O)(=O)CC(N)=S. The Morgan fingerprint density at radius 2 is 2.40 bits per heavy atom. The number of thiocarbonyl (C=S) groups is 1. The van der Waals surface area contributed by atoms with E-state index in [1.807, 2.05) is 0 Å². The lowest BCUT2D eigenvalue weighted by molar-refractivity contribution is 0.581. The van der Waals surface area contributed by atoms with Gasteiger partial charge < -0.3 is 10.3 Å². The maximum atomic E-state index is 11.3. The van der Waals surface area contributed by atoms with Gasteiger partial charge in [0.25, 0.3) is 0 Å². The Bertz CT molecular complexity index is 452. The average Bonchev–Trinajstić information content (AvgIpc) is 2.45. The summed E-state index contributed by atoms with van der Waals surface area (Å²) in [5.41, 5.74) is 5.14. The number of nitrogens with one attached hydrogen (secondary N) is 1. The number of sulfonamides is 1. The highest BCUT2D eigenvalue weighted by Gasteiger charge is 2.12. The predicted molar refractivity (Wildman–Crippen MR) is 58.4 cm³/mol. The topological polar surface area (TPSA) is 103 Å². The minimum Gasteiger partial charge on any atom is -0.392 e. The average molecular weight is 249 g/mol. The van der Waals surface area contributed by atoms with Gasteiger partial charge in [-0.15, -0.1) is 10.2 Å². The fourth-order valence-corrected chi connectivity index (χ4v) is 2.17. The van der Waals surface area contributed by atoms with E-state index in [2.05, 4.69) is 27.1 Å². The molecule has 0 aromatic carbocycles. The predicted octanol–water partition coefficient (Wildman–Crippen LogP) is -1.48. The molecule has 0 fully saturated rings. The molecular formula is C6H11N5O2S2. The summed E-state index contributed by atoms with van der Waals surface area (Å²) in [5.74, 6) is 0.154. The summed E-state index contributed by atoms with van der Waals surface area (Å²) >= 11 is 4.51. The first-order chi connectivity index (χ1) is 6.91. The first-order valence-electron chi connectivity index (χ1n) is 3.99. The van der Waals surface area contributed by atoms with Gasteiger partial charge in [0.1, 0.15) is 17.9 Å². The summed E-state index contributed by atoms with van der Waals surface area (Å²) < 4.78 is 26.6. The number of rotatable bonds is 5. The molecule has 0 radical (unpaired) electrons. The molecule has 15 heavy (non-hydrogen) atoms. The van der Waals surface area contributed by atoms with Crippen molar-refractivity contribution in [3.63, 3.8) is 0 Å². The van der Waals surface area contributed by atoms with Crippen LogP contribution in [0.1, 0.15) is 5.82 Å². The third-order valence-electron chi connectivity index (χ3n) is 1.59. The fraction of sp³-hybridized carbons (Fsp3) is 0.500. The number of hydrogen-bond acceptors (Lipinski definition) is 5. The molecule has 1 heterocycles. The molecule has 0 aliphatic carbocycles. The molecule has 84 valence electrons. The van der Waals surface area contributed by atoms with Crippen LogP contribution in [0.5, 0.6) is 0 Å². The second-order valence-electron chi connectivity index (χ2n) is 2.90. The third kappa shape index (κ3) is 3.90. The molecule has 1 rings (SSSR count). The molecule has 0 saturated carbocycles. The highest BCUT2D eigenvalue weighted by molar-refractivity contribution is 7.92. The molecule has 0 spiro atoms. The van der Waals surface area contributed by atoms with E-state index in [0.717, 1.165) is 0 Å². The van der Waals surface area contributed by atoms with Crippen LogP contribution in [0.25, 0.3) is 0 Å². The molecular weight excluding hydrogens is 238 g/mol. The molecule has 0 aliphatic rings. The minimum atomic E-state index is -3.47. The van der Waals surface area contributed by atoms with Crippen molar-refractivity contribution in [3.05, 3.63) is 12.2 Å². The van der Waals surface area contributed by atoms with E-state index < -0.39 is 10.0 Å². The highest BCUT2D eigenvalue weighted by atomic mass is 32.2. The number of nitrogens with zero attached hydrogens (tertiary/aromatic N) is 3. The van der Waals surface area contributed by atoms with E-state index in [-0.39, 0.29) is 17.3 Å². The van der Waals surface area contributed by atoms with Crippen LogP contribution in [-0.4, -0.2) is 33.9 Å². The second kappa shape index (κ2) is 4.64. The Kier molecular flexibility index (Phi) is 3.72. The van der Waals surface area contributed by atoms with Crippen LogP contribution in [0.15, 0.2) is 6.33 Å². The lowest BCUT2D eigenvalue weighted by Gasteiger charge is -2.04. The van der Waals surface area contributed by atoms with Crippen LogP contribution in [0.3, 0.4) is 0 Å². The maximum Gasteiger partial charge on any atom is 0.218 e. The number of nitrogens with two attached hydrogens (primary N) is 1. The van der Waals surface area contributed by atoms with Gasteiger partial charge in [-0.3, -0.25) is 0 Å². The number of hydrogen-bond donors (Lipinski definition) is 2. The molecule has 1 aromatic heterocycles. The van der Waals surface area contributed by atoms with Gasteiger partial charge in [0.2, 0.25) is 10.0 Å². The van der Waals surface area contributed by atoms with Crippen molar-refractivity contribution < 1.29 is 8.42 Å². The quantitative estimate of drug-likeness (QED) is 0.617. The van der Waals surface area contributed by atoms with Gasteiger partial charge in [-0.05, 0) is 0 Å².